The van der Waals surface area contributed by atoms with Gasteiger partial charge in [0.15, 0.2) is 18.9 Å². The second-order valence-corrected chi connectivity index (χ2v) is 5.14. The minimum atomic E-state index is -4.42. The second kappa shape index (κ2) is 6.87. The summed E-state index contributed by atoms with van der Waals surface area (Å²) >= 11 is 0. The standard InChI is InChI=1S/C14H12F4N6O/c15-11-3-1-10(2-4-11)6-23-7-12(5-19-23)25-8-13-20-22-24(21-13)9-14(16,17)18/h1-5,7H,6,8-9H2. The summed E-state index contributed by atoms with van der Waals surface area (Å²) < 4.78 is 56.5. The molecule has 2 heterocycles. The minimum Gasteiger partial charge on any atom is -0.482 e. The fourth-order valence-electron chi connectivity index (χ4n) is 1.99. The van der Waals surface area contributed by atoms with Gasteiger partial charge in [0.05, 0.1) is 18.9 Å². The number of tetrazole rings is 1. The average Bonchev–Trinajstić information content (AvgIpc) is 3.15. The molecule has 7 nitrogen and oxygen atoms in total. The fourth-order valence-corrected chi connectivity index (χ4v) is 1.99. The molecule has 0 radical (unpaired) electrons. The molecule has 25 heavy (non-hydrogen) atoms. The van der Waals surface area contributed by atoms with E-state index in [0.717, 1.165) is 5.56 Å². The van der Waals surface area contributed by atoms with E-state index in [1.54, 1.807) is 23.0 Å². The molecule has 0 aliphatic heterocycles. The monoisotopic (exact) mass is 356 g/mol. The van der Waals surface area contributed by atoms with Crippen LogP contribution in [-0.2, 0) is 19.7 Å². The molecule has 3 rings (SSSR count). The Kier molecular flexibility index (Phi) is 4.63. The largest absolute Gasteiger partial charge is 0.482 e. The third-order valence-electron chi connectivity index (χ3n) is 3.05. The number of hydrogen-bond donors (Lipinski definition) is 0. The summed E-state index contributed by atoms with van der Waals surface area (Å²) in [6.45, 7) is -1.03. The predicted molar refractivity (Wildman–Crippen MR) is 75.9 cm³/mol. The Hall–Kier alpha value is -2.98. The van der Waals surface area contributed by atoms with E-state index in [0.29, 0.717) is 17.1 Å². The van der Waals surface area contributed by atoms with E-state index in [-0.39, 0.29) is 18.2 Å². The number of ether oxygens (including phenoxy) is 1. The summed E-state index contributed by atoms with van der Waals surface area (Å²) in [5, 5.41) is 14.5. The van der Waals surface area contributed by atoms with Crippen LogP contribution >= 0.6 is 0 Å². The van der Waals surface area contributed by atoms with Gasteiger partial charge in [-0.1, -0.05) is 12.1 Å². The summed E-state index contributed by atoms with van der Waals surface area (Å²) in [5.74, 6) is 0.101. The van der Waals surface area contributed by atoms with Crippen LogP contribution in [0.15, 0.2) is 36.7 Å². The first-order valence-electron chi connectivity index (χ1n) is 7.10. The van der Waals surface area contributed by atoms with Crippen molar-refractivity contribution in [1.29, 1.82) is 0 Å². The molecule has 11 heteroatoms. The van der Waals surface area contributed by atoms with Gasteiger partial charge in [0.25, 0.3) is 0 Å². The molecule has 0 N–H and O–H groups in total. The zero-order valence-electron chi connectivity index (χ0n) is 12.7. The Morgan fingerprint density at radius 1 is 1.12 bits per heavy atom. The molecule has 0 bridgehead atoms. The summed E-state index contributed by atoms with van der Waals surface area (Å²) in [6, 6.07) is 5.99. The highest BCUT2D eigenvalue weighted by atomic mass is 19.4. The zero-order valence-corrected chi connectivity index (χ0v) is 12.7. The van der Waals surface area contributed by atoms with Gasteiger partial charge in [-0.15, -0.1) is 10.2 Å². The molecular formula is C14H12F4N6O. The number of rotatable bonds is 6. The Morgan fingerprint density at radius 2 is 1.88 bits per heavy atom. The maximum atomic E-state index is 12.9. The highest BCUT2D eigenvalue weighted by Crippen LogP contribution is 2.16. The lowest BCUT2D eigenvalue weighted by Gasteiger charge is -2.03. The maximum absolute atomic E-state index is 12.9. The molecule has 0 saturated carbocycles. The minimum absolute atomic E-state index is 0.0236. The van der Waals surface area contributed by atoms with Crippen molar-refractivity contribution in [3.05, 3.63) is 53.9 Å². The Balaban J connectivity index is 1.54. The van der Waals surface area contributed by atoms with E-state index in [2.05, 4.69) is 20.5 Å². The van der Waals surface area contributed by atoms with Crippen molar-refractivity contribution >= 4 is 0 Å². The molecule has 132 valence electrons. The van der Waals surface area contributed by atoms with Gasteiger partial charge in [-0.3, -0.25) is 4.68 Å². The van der Waals surface area contributed by atoms with Crippen molar-refractivity contribution in [2.75, 3.05) is 0 Å². The van der Waals surface area contributed by atoms with Gasteiger partial charge in [0.2, 0.25) is 5.82 Å². The van der Waals surface area contributed by atoms with Crippen LogP contribution in [0.4, 0.5) is 17.6 Å². The normalized spacial score (nSPS) is 11.7. The summed E-state index contributed by atoms with van der Waals surface area (Å²) in [4.78, 5) is 0.455. The molecule has 3 aromatic rings. The van der Waals surface area contributed by atoms with E-state index < -0.39 is 12.7 Å². The molecule has 0 spiro atoms. The van der Waals surface area contributed by atoms with Gasteiger partial charge in [0.1, 0.15) is 5.82 Å². The van der Waals surface area contributed by atoms with Crippen molar-refractivity contribution in [2.45, 2.75) is 25.9 Å². The first-order chi connectivity index (χ1) is 11.9. The van der Waals surface area contributed by atoms with E-state index in [1.807, 2.05) is 0 Å². The predicted octanol–water partition coefficient (Wildman–Crippen LogP) is 2.20. The summed E-state index contributed by atoms with van der Waals surface area (Å²) in [7, 11) is 0. The fraction of sp³-hybridized carbons (Fsp3) is 0.286. The highest BCUT2D eigenvalue weighted by molar-refractivity contribution is 5.18. The molecule has 0 aliphatic carbocycles. The van der Waals surface area contributed by atoms with Crippen LogP contribution < -0.4 is 4.74 Å². The van der Waals surface area contributed by atoms with Gasteiger partial charge in [-0.05, 0) is 22.9 Å². The third-order valence-corrected chi connectivity index (χ3v) is 3.05. The first-order valence-corrected chi connectivity index (χ1v) is 7.10. The molecule has 0 amide bonds. The van der Waals surface area contributed by atoms with Gasteiger partial charge in [0, 0.05) is 0 Å². The van der Waals surface area contributed by atoms with E-state index in [1.165, 1.54) is 18.3 Å². The van der Waals surface area contributed by atoms with Crippen molar-refractivity contribution in [1.82, 2.24) is 30.0 Å². The van der Waals surface area contributed by atoms with Crippen molar-refractivity contribution in [2.24, 2.45) is 0 Å². The molecule has 1 aromatic carbocycles. The Bertz CT molecular complexity index is 826. The van der Waals surface area contributed by atoms with Crippen LogP contribution in [0.2, 0.25) is 0 Å². The number of alkyl halides is 3. The molecular weight excluding hydrogens is 344 g/mol. The molecule has 0 unspecified atom stereocenters. The van der Waals surface area contributed by atoms with E-state index >= 15 is 0 Å². The topological polar surface area (TPSA) is 70.7 Å². The number of benzene rings is 1. The van der Waals surface area contributed by atoms with Crippen LogP contribution in [0.5, 0.6) is 5.75 Å². The van der Waals surface area contributed by atoms with Crippen molar-refractivity contribution in [3.8, 4) is 5.75 Å². The van der Waals surface area contributed by atoms with Crippen molar-refractivity contribution < 1.29 is 22.3 Å². The van der Waals surface area contributed by atoms with E-state index in [9.17, 15) is 17.6 Å². The zero-order chi connectivity index (χ0) is 17.9. The van der Waals surface area contributed by atoms with Crippen LogP contribution in [0, 0.1) is 5.82 Å². The third kappa shape index (κ3) is 4.99. The number of nitrogens with zero attached hydrogens (tertiary/aromatic N) is 6. The lowest BCUT2D eigenvalue weighted by atomic mass is 10.2. The molecule has 0 saturated heterocycles. The number of aromatic nitrogens is 6. The van der Waals surface area contributed by atoms with Crippen LogP contribution in [0.3, 0.4) is 0 Å². The second-order valence-electron chi connectivity index (χ2n) is 5.14. The SMILES string of the molecule is Fc1ccc(Cn2cc(OCc3nnn(CC(F)(F)F)n3)cn2)cc1. The Labute approximate surface area is 138 Å². The van der Waals surface area contributed by atoms with Crippen LogP contribution in [-0.4, -0.2) is 36.2 Å². The lowest BCUT2D eigenvalue weighted by molar-refractivity contribution is -0.145. The maximum Gasteiger partial charge on any atom is 0.409 e. The molecule has 0 fully saturated rings. The van der Waals surface area contributed by atoms with Gasteiger partial charge in [-0.2, -0.15) is 23.1 Å². The highest BCUT2D eigenvalue weighted by Gasteiger charge is 2.29. The molecule has 2 aromatic heterocycles. The quantitative estimate of drug-likeness (QED) is 0.633. The smallest absolute Gasteiger partial charge is 0.409 e. The molecule has 0 atom stereocenters. The summed E-state index contributed by atoms with van der Waals surface area (Å²) in [5.41, 5.74) is 0.854. The Morgan fingerprint density at radius 3 is 2.60 bits per heavy atom. The van der Waals surface area contributed by atoms with Gasteiger partial charge < -0.3 is 4.74 Å². The summed E-state index contributed by atoms with van der Waals surface area (Å²) in [6.07, 6.45) is -1.37. The average molecular weight is 356 g/mol. The lowest BCUT2D eigenvalue weighted by Crippen LogP contribution is -2.19. The molecule has 0 aliphatic rings. The van der Waals surface area contributed by atoms with Crippen LogP contribution in [0.25, 0.3) is 0 Å². The van der Waals surface area contributed by atoms with Crippen molar-refractivity contribution in [3.63, 3.8) is 0 Å². The van der Waals surface area contributed by atoms with E-state index in [4.69, 9.17) is 4.74 Å². The van der Waals surface area contributed by atoms with Gasteiger partial charge >= 0.3 is 6.18 Å². The van der Waals surface area contributed by atoms with Crippen LogP contribution in [0.1, 0.15) is 11.4 Å². The number of halogens is 4. The first kappa shape index (κ1) is 16.9. The van der Waals surface area contributed by atoms with Gasteiger partial charge in [-0.25, -0.2) is 4.39 Å². The number of hydrogen-bond acceptors (Lipinski definition) is 5.